The van der Waals surface area contributed by atoms with E-state index in [0.29, 0.717) is 37.4 Å². The first-order chi connectivity index (χ1) is 11.1. The molecule has 0 bridgehead atoms. The second-order valence-electron chi connectivity index (χ2n) is 5.41. The van der Waals surface area contributed by atoms with E-state index in [0.717, 1.165) is 5.56 Å². The third kappa shape index (κ3) is 4.03. The lowest BCUT2D eigenvalue weighted by Crippen LogP contribution is -2.41. The van der Waals surface area contributed by atoms with Crippen LogP contribution in [-0.4, -0.2) is 44.0 Å². The van der Waals surface area contributed by atoms with E-state index in [2.05, 4.69) is 0 Å². The first-order valence-corrected chi connectivity index (χ1v) is 7.54. The summed E-state index contributed by atoms with van der Waals surface area (Å²) in [4.78, 5) is 25.2. The summed E-state index contributed by atoms with van der Waals surface area (Å²) in [5, 5.41) is 0. The minimum Gasteiger partial charge on any atom is -0.496 e. The second-order valence-corrected chi connectivity index (χ2v) is 5.41. The minimum absolute atomic E-state index is 0.0964. The van der Waals surface area contributed by atoms with Crippen molar-refractivity contribution in [2.75, 3.05) is 27.3 Å². The van der Waals surface area contributed by atoms with E-state index >= 15 is 0 Å². The maximum atomic E-state index is 12.3. The quantitative estimate of drug-likeness (QED) is 0.833. The number of carbonyl (C=O) groups is 2. The van der Waals surface area contributed by atoms with Crippen molar-refractivity contribution in [1.29, 1.82) is 0 Å². The molecule has 1 aromatic rings. The average molecular weight is 318 g/mol. The van der Waals surface area contributed by atoms with Crippen LogP contribution in [0.5, 0.6) is 11.5 Å². The maximum Gasteiger partial charge on any atom is 0.246 e. The van der Waals surface area contributed by atoms with Gasteiger partial charge in [-0.3, -0.25) is 9.59 Å². The fourth-order valence-corrected chi connectivity index (χ4v) is 2.69. The molecular weight excluding hydrogens is 296 g/mol. The number of nitrogens with two attached hydrogens (primary N) is 1. The van der Waals surface area contributed by atoms with Crippen LogP contribution in [0.2, 0.25) is 0 Å². The molecule has 2 N–H and O–H groups in total. The highest BCUT2D eigenvalue weighted by atomic mass is 16.5. The smallest absolute Gasteiger partial charge is 0.246 e. The average Bonchev–Trinajstić information content (AvgIpc) is 2.59. The largest absolute Gasteiger partial charge is 0.496 e. The number of nitrogens with zero attached hydrogens (tertiary/aromatic N) is 1. The van der Waals surface area contributed by atoms with Crippen LogP contribution >= 0.6 is 0 Å². The van der Waals surface area contributed by atoms with Gasteiger partial charge in [-0.1, -0.05) is 6.07 Å². The molecule has 1 aromatic carbocycles. The first kappa shape index (κ1) is 16.9. The van der Waals surface area contributed by atoms with Crippen LogP contribution < -0.4 is 15.2 Å². The zero-order valence-electron chi connectivity index (χ0n) is 13.5. The summed E-state index contributed by atoms with van der Waals surface area (Å²) in [7, 11) is 3.14. The molecule has 1 heterocycles. The Kier molecular flexibility index (Phi) is 5.62. The summed E-state index contributed by atoms with van der Waals surface area (Å²) < 4.78 is 10.6. The zero-order chi connectivity index (χ0) is 16.8. The molecule has 1 saturated heterocycles. The van der Waals surface area contributed by atoms with Crippen molar-refractivity contribution in [1.82, 2.24) is 4.90 Å². The Morgan fingerprint density at radius 1 is 1.17 bits per heavy atom. The number of rotatable bonds is 5. The number of primary amides is 1. The molecule has 1 aliphatic rings. The summed E-state index contributed by atoms with van der Waals surface area (Å²) in [5.41, 5.74) is 6.02. The van der Waals surface area contributed by atoms with Gasteiger partial charge in [0.1, 0.15) is 11.5 Å². The van der Waals surface area contributed by atoms with Crippen molar-refractivity contribution in [2.24, 2.45) is 11.7 Å². The Morgan fingerprint density at radius 2 is 1.74 bits per heavy atom. The van der Waals surface area contributed by atoms with Crippen LogP contribution in [0.3, 0.4) is 0 Å². The van der Waals surface area contributed by atoms with Crippen LogP contribution in [0, 0.1) is 5.92 Å². The molecule has 1 fully saturated rings. The van der Waals surface area contributed by atoms with E-state index in [1.165, 1.54) is 6.08 Å². The predicted molar refractivity (Wildman–Crippen MR) is 87.1 cm³/mol. The highest BCUT2D eigenvalue weighted by Gasteiger charge is 2.24. The van der Waals surface area contributed by atoms with Gasteiger partial charge in [-0.05, 0) is 31.1 Å². The highest BCUT2D eigenvalue weighted by molar-refractivity contribution is 5.93. The Balaban J connectivity index is 2.06. The van der Waals surface area contributed by atoms with E-state index in [4.69, 9.17) is 15.2 Å². The number of likely N-dealkylation sites (tertiary alicyclic amines) is 1. The molecule has 0 unspecified atom stereocenters. The molecule has 1 aliphatic heterocycles. The van der Waals surface area contributed by atoms with Crippen LogP contribution in [-0.2, 0) is 9.59 Å². The molecule has 0 spiro atoms. The van der Waals surface area contributed by atoms with Crippen molar-refractivity contribution in [3.8, 4) is 11.5 Å². The standard InChI is InChI=1S/C17H22N2O4/c1-22-14-4-3-5-15(23-2)13(14)6-7-16(20)19-10-8-12(9-11-19)17(18)21/h3-7,12H,8-11H2,1-2H3,(H2,18,21)/b7-6+. The number of methoxy groups -OCH3 is 2. The molecule has 23 heavy (non-hydrogen) atoms. The van der Waals surface area contributed by atoms with Gasteiger partial charge in [-0.2, -0.15) is 0 Å². The van der Waals surface area contributed by atoms with Gasteiger partial charge in [-0.25, -0.2) is 0 Å². The molecule has 0 radical (unpaired) electrons. The van der Waals surface area contributed by atoms with Crippen molar-refractivity contribution in [3.05, 3.63) is 29.8 Å². The molecule has 6 nitrogen and oxygen atoms in total. The van der Waals surface area contributed by atoms with Gasteiger partial charge in [0.05, 0.1) is 19.8 Å². The summed E-state index contributed by atoms with van der Waals surface area (Å²) >= 11 is 0. The van der Waals surface area contributed by atoms with Crippen LogP contribution in [0.25, 0.3) is 6.08 Å². The molecule has 124 valence electrons. The third-order valence-electron chi connectivity index (χ3n) is 4.07. The molecule has 0 atom stereocenters. The third-order valence-corrected chi connectivity index (χ3v) is 4.07. The lowest BCUT2D eigenvalue weighted by atomic mass is 9.96. The fraction of sp³-hybridized carbons (Fsp3) is 0.412. The van der Waals surface area contributed by atoms with Gasteiger partial charge in [0.2, 0.25) is 11.8 Å². The summed E-state index contributed by atoms with van der Waals surface area (Å²) in [6.45, 7) is 1.08. The van der Waals surface area contributed by atoms with Gasteiger partial charge in [0.15, 0.2) is 0 Å². The Bertz CT molecular complexity index is 582. The van der Waals surface area contributed by atoms with Crippen molar-refractivity contribution >= 4 is 17.9 Å². The highest BCUT2D eigenvalue weighted by Crippen LogP contribution is 2.29. The number of hydrogen-bond donors (Lipinski definition) is 1. The molecular formula is C17H22N2O4. The first-order valence-electron chi connectivity index (χ1n) is 7.54. The number of benzene rings is 1. The van der Waals surface area contributed by atoms with Gasteiger partial charge >= 0.3 is 0 Å². The number of piperidine rings is 1. The van der Waals surface area contributed by atoms with Crippen LogP contribution in [0.15, 0.2) is 24.3 Å². The Morgan fingerprint density at radius 3 is 2.22 bits per heavy atom. The minimum atomic E-state index is -0.286. The van der Waals surface area contributed by atoms with E-state index in [9.17, 15) is 9.59 Å². The lowest BCUT2D eigenvalue weighted by Gasteiger charge is -2.29. The molecule has 0 aliphatic carbocycles. The van der Waals surface area contributed by atoms with E-state index in [1.807, 2.05) is 18.2 Å². The van der Waals surface area contributed by atoms with E-state index < -0.39 is 0 Å². The molecule has 2 rings (SSSR count). The number of ether oxygens (including phenoxy) is 2. The van der Waals surface area contributed by atoms with Crippen molar-refractivity contribution in [3.63, 3.8) is 0 Å². The number of amides is 2. The predicted octanol–water partition coefficient (Wildman–Crippen LogP) is 1.44. The normalized spacial score (nSPS) is 15.7. The van der Waals surface area contributed by atoms with Gasteiger partial charge in [0.25, 0.3) is 0 Å². The van der Waals surface area contributed by atoms with Gasteiger partial charge in [0, 0.05) is 25.1 Å². The van der Waals surface area contributed by atoms with E-state index in [-0.39, 0.29) is 17.7 Å². The Labute approximate surface area is 135 Å². The van der Waals surface area contributed by atoms with Gasteiger partial charge in [-0.15, -0.1) is 0 Å². The zero-order valence-corrected chi connectivity index (χ0v) is 13.5. The molecule has 2 amide bonds. The van der Waals surface area contributed by atoms with Gasteiger partial charge < -0.3 is 20.1 Å². The van der Waals surface area contributed by atoms with Crippen LogP contribution in [0.4, 0.5) is 0 Å². The molecule has 6 heteroatoms. The second kappa shape index (κ2) is 7.67. The number of carbonyl (C=O) groups excluding carboxylic acids is 2. The van der Waals surface area contributed by atoms with E-state index in [1.54, 1.807) is 25.2 Å². The number of hydrogen-bond acceptors (Lipinski definition) is 4. The molecule has 0 aromatic heterocycles. The molecule has 0 saturated carbocycles. The van der Waals surface area contributed by atoms with Crippen LogP contribution in [0.1, 0.15) is 18.4 Å². The summed E-state index contributed by atoms with van der Waals surface area (Å²) in [6.07, 6.45) is 4.44. The lowest BCUT2D eigenvalue weighted by molar-refractivity contribution is -0.130. The summed E-state index contributed by atoms with van der Waals surface area (Å²) in [5.74, 6) is 0.770. The van der Waals surface area contributed by atoms with Crippen molar-refractivity contribution in [2.45, 2.75) is 12.8 Å². The maximum absolute atomic E-state index is 12.3. The topological polar surface area (TPSA) is 81.9 Å². The SMILES string of the molecule is COc1cccc(OC)c1/C=C/C(=O)N1CCC(C(N)=O)CC1. The summed E-state index contributed by atoms with van der Waals surface area (Å²) in [6, 6.07) is 5.45. The fourth-order valence-electron chi connectivity index (χ4n) is 2.69. The van der Waals surface area contributed by atoms with Crippen molar-refractivity contribution < 1.29 is 19.1 Å². The monoisotopic (exact) mass is 318 g/mol. The Hall–Kier alpha value is -2.50.